The highest BCUT2D eigenvalue weighted by Crippen LogP contribution is 2.32. The minimum Gasteiger partial charge on any atom is -0.286 e. The predicted octanol–water partition coefficient (Wildman–Crippen LogP) is 1.92. The standard InChI is InChI=1S/C4H10O3S4/c1-8-10-9-3-2-4-11(5,6)7/h2-4H2,1H3,(H,5,6,7). The third-order valence-electron chi connectivity index (χ3n) is 0.746. The lowest BCUT2D eigenvalue weighted by Crippen LogP contribution is -2.03. The van der Waals surface area contributed by atoms with Gasteiger partial charge in [-0.3, -0.25) is 4.55 Å². The lowest BCUT2D eigenvalue weighted by molar-refractivity contribution is 0.482. The number of hydrogen-bond donors (Lipinski definition) is 1. The van der Waals surface area contributed by atoms with Crippen molar-refractivity contribution in [3.05, 3.63) is 0 Å². The Bertz CT molecular complexity index is 176. The molecule has 0 radical (unpaired) electrons. The van der Waals surface area contributed by atoms with Crippen molar-refractivity contribution in [1.29, 1.82) is 0 Å². The average molecular weight is 234 g/mol. The van der Waals surface area contributed by atoms with E-state index in [1.54, 1.807) is 31.4 Å². The summed E-state index contributed by atoms with van der Waals surface area (Å²) in [6.07, 6.45) is 2.47. The first kappa shape index (κ1) is 12.0. The summed E-state index contributed by atoms with van der Waals surface area (Å²) in [7, 11) is 1.10. The highest BCUT2D eigenvalue weighted by atomic mass is 33.5. The molecule has 0 rings (SSSR count). The fraction of sp³-hybridized carbons (Fsp3) is 1.00. The lowest BCUT2D eigenvalue weighted by Gasteiger charge is -1.95. The van der Waals surface area contributed by atoms with Gasteiger partial charge >= 0.3 is 0 Å². The molecule has 68 valence electrons. The molecular weight excluding hydrogens is 224 g/mol. The topological polar surface area (TPSA) is 54.4 Å². The fourth-order valence-electron chi connectivity index (χ4n) is 0.382. The van der Waals surface area contributed by atoms with E-state index in [2.05, 4.69) is 0 Å². The fourth-order valence-corrected chi connectivity index (χ4v) is 3.83. The van der Waals surface area contributed by atoms with Crippen LogP contribution in [0.3, 0.4) is 0 Å². The first-order valence-corrected chi connectivity index (χ1v) is 8.50. The Balaban J connectivity index is 3.16. The zero-order valence-electron chi connectivity index (χ0n) is 6.02. The van der Waals surface area contributed by atoms with Crippen molar-refractivity contribution in [1.82, 2.24) is 0 Å². The van der Waals surface area contributed by atoms with E-state index >= 15 is 0 Å². The van der Waals surface area contributed by atoms with Gasteiger partial charge in [-0.15, -0.1) is 0 Å². The van der Waals surface area contributed by atoms with E-state index in [0.717, 1.165) is 5.75 Å². The summed E-state index contributed by atoms with van der Waals surface area (Å²) in [6.45, 7) is 0. The van der Waals surface area contributed by atoms with E-state index in [9.17, 15) is 8.42 Å². The van der Waals surface area contributed by atoms with Crippen molar-refractivity contribution in [2.75, 3.05) is 17.8 Å². The normalized spacial score (nSPS) is 11.8. The van der Waals surface area contributed by atoms with Crippen molar-refractivity contribution >= 4 is 41.5 Å². The molecule has 0 fully saturated rings. The molecule has 0 heterocycles. The molecule has 0 aromatic carbocycles. The molecule has 0 aliphatic heterocycles. The molecule has 0 aromatic rings. The van der Waals surface area contributed by atoms with Crippen LogP contribution in [0.1, 0.15) is 6.42 Å². The van der Waals surface area contributed by atoms with Crippen LogP contribution in [0, 0.1) is 0 Å². The molecule has 3 nitrogen and oxygen atoms in total. The van der Waals surface area contributed by atoms with Crippen LogP contribution in [0.25, 0.3) is 0 Å². The minimum absolute atomic E-state index is 0.130. The summed E-state index contributed by atoms with van der Waals surface area (Å²) in [4.78, 5) is 0. The van der Waals surface area contributed by atoms with Crippen LogP contribution >= 0.6 is 31.4 Å². The Morgan fingerprint density at radius 2 is 2.09 bits per heavy atom. The van der Waals surface area contributed by atoms with Crippen molar-refractivity contribution in [3.8, 4) is 0 Å². The maximum absolute atomic E-state index is 10.2. The average Bonchev–Trinajstić information content (AvgIpc) is 1.85. The van der Waals surface area contributed by atoms with Gasteiger partial charge in [-0.05, 0) is 22.5 Å². The van der Waals surface area contributed by atoms with E-state index in [1.165, 1.54) is 0 Å². The summed E-state index contributed by atoms with van der Waals surface area (Å²) >= 11 is 0. The Hall–Kier alpha value is 0.960. The quantitative estimate of drug-likeness (QED) is 0.430. The third kappa shape index (κ3) is 11.0. The van der Waals surface area contributed by atoms with E-state index < -0.39 is 10.1 Å². The van der Waals surface area contributed by atoms with Crippen molar-refractivity contribution in [3.63, 3.8) is 0 Å². The van der Waals surface area contributed by atoms with Gasteiger partial charge in [-0.2, -0.15) is 8.42 Å². The molecule has 0 spiro atoms. The Labute approximate surface area is 78.6 Å². The summed E-state index contributed by atoms with van der Waals surface area (Å²) in [5.41, 5.74) is 0. The molecule has 11 heavy (non-hydrogen) atoms. The SMILES string of the molecule is CSSSCCCS(=O)(=O)O. The largest absolute Gasteiger partial charge is 0.286 e. The van der Waals surface area contributed by atoms with Crippen LogP contribution in [0.5, 0.6) is 0 Å². The van der Waals surface area contributed by atoms with Gasteiger partial charge in [0.15, 0.2) is 0 Å². The van der Waals surface area contributed by atoms with Gasteiger partial charge in [-0.25, -0.2) is 0 Å². The zero-order chi connectivity index (χ0) is 8.74. The molecule has 1 N–H and O–H groups in total. The van der Waals surface area contributed by atoms with Crippen molar-refractivity contribution in [2.24, 2.45) is 0 Å². The van der Waals surface area contributed by atoms with Crippen molar-refractivity contribution in [2.45, 2.75) is 6.42 Å². The summed E-state index contributed by atoms with van der Waals surface area (Å²) in [5, 5.41) is 0. The second-order valence-electron chi connectivity index (χ2n) is 1.70. The number of hydrogen-bond acceptors (Lipinski definition) is 5. The smallest absolute Gasteiger partial charge is 0.264 e. The molecule has 0 aromatic heterocycles. The molecule has 0 aliphatic rings. The molecular formula is C4H10O3S4. The first-order valence-electron chi connectivity index (χ1n) is 2.83. The highest BCUT2D eigenvalue weighted by Gasteiger charge is 2.02. The minimum atomic E-state index is -3.74. The van der Waals surface area contributed by atoms with Crippen LogP contribution < -0.4 is 0 Å². The van der Waals surface area contributed by atoms with Crippen molar-refractivity contribution < 1.29 is 13.0 Å². The predicted molar refractivity (Wildman–Crippen MR) is 54.6 cm³/mol. The maximum atomic E-state index is 10.2. The van der Waals surface area contributed by atoms with Gasteiger partial charge in [0.2, 0.25) is 0 Å². The molecule has 0 bridgehead atoms. The molecule has 0 aliphatic carbocycles. The molecule has 0 atom stereocenters. The summed E-state index contributed by atoms with van der Waals surface area (Å²) in [6, 6.07) is 0. The monoisotopic (exact) mass is 234 g/mol. The lowest BCUT2D eigenvalue weighted by atomic mass is 10.6. The van der Waals surface area contributed by atoms with Gasteiger partial charge in [0.05, 0.1) is 5.75 Å². The highest BCUT2D eigenvalue weighted by molar-refractivity contribution is 9.09. The summed E-state index contributed by atoms with van der Waals surface area (Å²) in [5.74, 6) is 0.625. The van der Waals surface area contributed by atoms with Gasteiger partial charge in [0, 0.05) is 5.75 Å². The van der Waals surface area contributed by atoms with Gasteiger partial charge in [-0.1, -0.05) is 21.6 Å². The second-order valence-corrected chi connectivity index (χ2v) is 7.72. The van der Waals surface area contributed by atoms with E-state index in [-0.39, 0.29) is 5.75 Å². The second kappa shape index (κ2) is 6.47. The summed E-state index contributed by atoms with van der Waals surface area (Å²) < 4.78 is 28.7. The van der Waals surface area contributed by atoms with Gasteiger partial charge in [0.1, 0.15) is 0 Å². The maximum Gasteiger partial charge on any atom is 0.264 e. The Morgan fingerprint density at radius 1 is 1.45 bits per heavy atom. The van der Waals surface area contributed by atoms with Crippen LogP contribution in [0.2, 0.25) is 0 Å². The molecule has 0 saturated heterocycles. The third-order valence-corrected chi connectivity index (χ3v) is 5.53. The van der Waals surface area contributed by atoms with Crippen LogP contribution in [0.4, 0.5) is 0 Å². The molecule has 0 amide bonds. The van der Waals surface area contributed by atoms with E-state index in [0.29, 0.717) is 6.42 Å². The van der Waals surface area contributed by atoms with Gasteiger partial charge < -0.3 is 0 Å². The number of rotatable bonds is 6. The van der Waals surface area contributed by atoms with Crippen LogP contribution in [0.15, 0.2) is 0 Å². The van der Waals surface area contributed by atoms with E-state index in [1.807, 2.05) is 6.26 Å². The Kier molecular flexibility index (Phi) is 7.04. The molecule has 0 unspecified atom stereocenters. The molecule has 0 saturated carbocycles. The first-order chi connectivity index (χ1) is 5.06. The van der Waals surface area contributed by atoms with E-state index in [4.69, 9.17) is 4.55 Å². The Morgan fingerprint density at radius 3 is 2.55 bits per heavy atom. The van der Waals surface area contributed by atoms with Crippen LogP contribution in [-0.4, -0.2) is 30.7 Å². The van der Waals surface area contributed by atoms with Crippen LogP contribution in [-0.2, 0) is 10.1 Å². The molecule has 7 heteroatoms. The van der Waals surface area contributed by atoms with Gasteiger partial charge in [0.25, 0.3) is 10.1 Å². The zero-order valence-corrected chi connectivity index (χ0v) is 9.28.